The molecule has 0 radical (unpaired) electrons. The number of benzene rings is 4. The van der Waals surface area contributed by atoms with Crippen molar-refractivity contribution in [3.63, 3.8) is 0 Å². The predicted octanol–water partition coefficient (Wildman–Crippen LogP) is 6.22. The highest BCUT2D eigenvalue weighted by atomic mass is 79.9. The van der Waals surface area contributed by atoms with Crippen LogP contribution in [0.1, 0.15) is 86.0 Å². The number of anilines is 2. The molecule has 14 nitrogen and oxygen atoms in total. The molecule has 0 saturated carbocycles. The first-order chi connectivity index (χ1) is 34.8. The molecule has 0 aromatic heterocycles. The van der Waals surface area contributed by atoms with Crippen molar-refractivity contribution < 1.29 is 76.9 Å². The molecule has 0 saturated heterocycles. The van der Waals surface area contributed by atoms with E-state index >= 15 is 0 Å². The van der Waals surface area contributed by atoms with Crippen molar-refractivity contribution in [2.24, 2.45) is 0 Å². The van der Waals surface area contributed by atoms with Gasteiger partial charge in [-0.15, -0.1) is 0 Å². The Hall–Kier alpha value is -7.62. The van der Waals surface area contributed by atoms with Gasteiger partial charge in [-0.05, 0) is 106 Å². The van der Waals surface area contributed by atoms with Crippen LogP contribution in [0.25, 0.3) is 0 Å². The Morgan fingerprint density at radius 2 is 1.07 bits per heavy atom. The minimum absolute atomic E-state index is 0. The van der Waals surface area contributed by atoms with Crippen LogP contribution >= 0.6 is 0 Å². The van der Waals surface area contributed by atoms with Crippen LogP contribution < -0.4 is 31.7 Å². The van der Waals surface area contributed by atoms with Crippen molar-refractivity contribution in [3.8, 4) is 12.1 Å². The zero-order valence-electron chi connectivity index (χ0n) is 40.6. The van der Waals surface area contributed by atoms with E-state index in [0.29, 0.717) is 54.9 Å². The van der Waals surface area contributed by atoms with Gasteiger partial charge in [-0.25, -0.2) is 19.2 Å². The number of urea groups is 2. The molecule has 7 rings (SSSR count). The van der Waals surface area contributed by atoms with Crippen molar-refractivity contribution in [2.75, 3.05) is 55.9 Å². The summed E-state index contributed by atoms with van der Waals surface area (Å²) in [6.07, 6.45) is -5.00. The van der Waals surface area contributed by atoms with Gasteiger partial charge in [0.1, 0.15) is 6.20 Å². The molecule has 0 fully saturated rings. The maximum absolute atomic E-state index is 14.7. The third kappa shape index (κ3) is 11.9. The molecule has 3 aliphatic heterocycles. The maximum atomic E-state index is 14.7. The third-order valence-electron chi connectivity index (χ3n) is 12.7. The molecule has 4 amide bonds. The SMILES string of the molecule is CCOC(=O)C1=C(C)N(c2cccc(C(F)(F)F)c2)C(=O)N(CCCN2C=C[NH+](CCCN3C(=O)N(c4cccc(C(F)(F)F)c4)C(C)=C(C(=O)OCC)[C@H]3c3ccc(C#N)cc3)C2)[C@@H]1c1ccc(C#N)cc1.[Br-]. The average Bonchev–Trinajstić information content (AvgIpc) is 3.82. The second kappa shape index (κ2) is 23.5. The Bertz CT molecular complexity index is 2740. The van der Waals surface area contributed by atoms with Gasteiger partial charge in [0.05, 0.1) is 95.0 Å². The number of carbonyl (C=O) groups is 4. The first-order valence-electron chi connectivity index (χ1n) is 23.4. The fourth-order valence-electron chi connectivity index (χ4n) is 9.34. The number of ether oxygens (including phenoxy) is 2. The number of allylic oxidation sites excluding steroid dienone is 2. The van der Waals surface area contributed by atoms with E-state index < -0.39 is 59.6 Å². The number of nitrogens with one attached hydrogen (secondary N) is 1. The first kappa shape index (κ1) is 55.7. The smallest absolute Gasteiger partial charge is 0.416 e. The molecular formula is C53H51BrF6N8O6. The summed E-state index contributed by atoms with van der Waals surface area (Å²) in [6, 6.07) is 21.8. The summed E-state index contributed by atoms with van der Waals surface area (Å²) >= 11 is 0. The Labute approximate surface area is 434 Å². The summed E-state index contributed by atoms with van der Waals surface area (Å²) in [4.78, 5) is 64.9. The van der Waals surface area contributed by atoms with E-state index in [1.165, 1.54) is 47.9 Å². The first-order valence-corrected chi connectivity index (χ1v) is 23.4. The Kier molecular flexibility index (Phi) is 17.7. The van der Waals surface area contributed by atoms with Gasteiger partial charge >= 0.3 is 36.4 Å². The van der Waals surface area contributed by atoms with E-state index in [9.17, 15) is 56.0 Å². The van der Waals surface area contributed by atoms with E-state index in [1.54, 1.807) is 62.4 Å². The number of nitrogens with zero attached hydrogens (tertiary/aromatic N) is 7. The standard InChI is InChI=1S/C53H50F6N8O6.BrH/c1-5-72-48(68)44-34(3)66(42-13-7-11-40(29-42)52(54,55)56)50(70)64(46(44)38-19-15-36(31-60)16-20-38)25-9-23-62-27-28-63(33-62)24-10-26-65-47(39-21-17-37(32-61)18-22-39)45(49(69)73-6-2)35(4)67(51(65)71)43-14-8-12-41(30-43)53(57,58)59;/h7-8,11-22,27-30,46-47H,5-6,9-10,23-26,33H2,1-4H3;1H/t46-,47-;/m1./s1. The number of hydrogen-bond donors (Lipinski definition) is 1. The summed E-state index contributed by atoms with van der Waals surface area (Å²) in [5.74, 6) is -1.54. The highest BCUT2D eigenvalue weighted by Crippen LogP contribution is 2.43. The molecule has 4 aromatic rings. The van der Waals surface area contributed by atoms with Crippen molar-refractivity contribution in [2.45, 2.75) is 65.0 Å². The van der Waals surface area contributed by atoms with Crippen molar-refractivity contribution in [1.29, 1.82) is 10.5 Å². The van der Waals surface area contributed by atoms with Gasteiger partial charge in [0, 0.05) is 37.4 Å². The normalized spacial score (nSPS) is 18.1. The van der Waals surface area contributed by atoms with Gasteiger partial charge in [0.15, 0.2) is 6.67 Å². The number of amides is 4. The van der Waals surface area contributed by atoms with Crippen molar-refractivity contribution in [1.82, 2.24) is 14.7 Å². The third-order valence-corrected chi connectivity index (χ3v) is 12.7. The summed E-state index contributed by atoms with van der Waals surface area (Å²) in [7, 11) is 0. The fraction of sp³-hybridized carbons (Fsp3) is 0.321. The lowest BCUT2D eigenvalue weighted by atomic mass is 9.92. The topological polar surface area (TPSA) is 155 Å². The number of nitriles is 2. The van der Waals surface area contributed by atoms with Crippen LogP contribution in [0.5, 0.6) is 0 Å². The average molecular weight is 1090 g/mol. The van der Waals surface area contributed by atoms with Gasteiger partial charge in [0.2, 0.25) is 0 Å². The second-order valence-corrected chi connectivity index (χ2v) is 17.3. The molecule has 4 aromatic carbocycles. The van der Waals surface area contributed by atoms with E-state index in [4.69, 9.17) is 9.47 Å². The number of halogens is 7. The van der Waals surface area contributed by atoms with E-state index in [1.807, 2.05) is 29.4 Å². The molecule has 0 bridgehead atoms. The maximum Gasteiger partial charge on any atom is 0.416 e. The predicted molar refractivity (Wildman–Crippen MR) is 254 cm³/mol. The van der Waals surface area contributed by atoms with E-state index in [2.05, 4.69) is 0 Å². The highest BCUT2D eigenvalue weighted by Gasteiger charge is 2.45. The quantitative estimate of drug-likeness (QED) is 0.102. The lowest BCUT2D eigenvalue weighted by molar-refractivity contribution is -0.849. The zero-order valence-corrected chi connectivity index (χ0v) is 42.2. The molecule has 0 spiro atoms. The van der Waals surface area contributed by atoms with Gasteiger partial charge in [-0.3, -0.25) is 14.7 Å². The summed E-state index contributed by atoms with van der Waals surface area (Å²) in [5, 5.41) is 19.0. The minimum Gasteiger partial charge on any atom is -1.00 e. The van der Waals surface area contributed by atoms with Gasteiger partial charge < -0.3 is 41.2 Å². The van der Waals surface area contributed by atoms with Crippen LogP contribution in [-0.2, 0) is 31.4 Å². The lowest BCUT2D eigenvalue weighted by Gasteiger charge is -2.43. The molecule has 388 valence electrons. The summed E-state index contributed by atoms with van der Waals surface area (Å²) < 4.78 is 94.7. The largest absolute Gasteiger partial charge is 1.00 e. The number of alkyl halides is 6. The Morgan fingerprint density at radius 3 is 1.46 bits per heavy atom. The van der Waals surface area contributed by atoms with Crippen LogP contribution in [0.3, 0.4) is 0 Å². The van der Waals surface area contributed by atoms with Crippen LogP contribution in [0.15, 0.2) is 132 Å². The molecule has 21 heteroatoms. The zero-order chi connectivity index (χ0) is 52.8. The fourth-order valence-corrected chi connectivity index (χ4v) is 9.34. The molecule has 0 aliphatic carbocycles. The van der Waals surface area contributed by atoms with Crippen LogP contribution in [0.4, 0.5) is 47.3 Å². The number of carbonyl (C=O) groups excluding carboxylic acids is 4. The minimum atomic E-state index is -4.72. The Morgan fingerprint density at radius 1 is 0.649 bits per heavy atom. The number of esters is 2. The van der Waals surface area contributed by atoms with Crippen LogP contribution in [-0.4, -0.2) is 84.8 Å². The molecule has 3 aliphatic rings. The molecule has 3 heterocycles. The van der Waals surface area contributed by atoms with E-state index in [-0.39, 0.29) is 77.2 Å². The second-order valence-electron chi connectivity index (χ2n) is 17.3. The molecule has 3 atom stereocenters. The summed E-state index contributed by atoms with van der Waals surface area (Å²) in [6.45, 7) is 7.45. The van der Waals surface area contributed by atoms with Gasteiger partial charge in [-0.2, -0.15) is 36.9 Å². The molecule has 1 N–H and O–H groups in total. The van der Waals surface area contributed by atoms with Gasteiger partial charge in [-0.1, -0.05) is 36.4 Å². The number of hydrogen-bond acceptors (Lipinski definition) is 9. The van der Waals surface area contributed by atoms with Crippen molar-refractivity contribution >= 4 is 35.4 Å². The summed E-state index contributed by atoms with van der Waals surface area (Å²) in [5.41, 5.74) is -0.351. The van der Waals surface area contributed by atoms with Crippen LogP contribution in [0.2, 0.25) is 0 Å². The number of rotatable bonds is 16. The van der Waals surface area contributed by atoms with Gasteiger partial charge in [0.25, 0.3) is 0 Å². The molecular weight excluding hydrogens is 1040 g/mol. The van der Waals surface area contributed by atoms with Crippen LogP contribution in [0, 0.1) is 22.7 Å². The number of quaternary nitrogens is 1. The van der Waals surface area contributed by atoms with Crippen molar-refractivity contribution in [3.05, 3.63) is 165 Å². The monoisotopic (exact) mass is 1090 g/mol. The highest BCUT2D eigenvalue weighted by molar-refractivity contribution is 6.04. The molecule has 74 heavy (non-hydrogen) atoms. The lowest BCUT2D eigenvalue weighted by Crippen LogP contribution is -3.07. The molecule has 1 unspecified atom stereocenters. The Balaban J connectivity index is 0.00000892. The van der Waals surface area contributed by atoms with E-state index in [0.717, 1.165) is 39.0 Å².